The van der Waals surface area contributed by atoms with Crippen molar-refractivity contribution in [2.24, 2.45) is 28.1 Å². The first-order valence-electron chi connectivity index (χ1n) is 13.0. The second-order valence-corrected chi connectivity index (χ2v) is 10.3. The molecule has 0 aliphatic carbocycles. The molecule has 13 heteroatoms. The lowest BCUT2D eigenvalue weighted by Gasteiger charge is -2.26. The van der Waals surface area contributed by atoms with Crippen molar-refractivity contribution in [3.8, 4) is 0 Å². The molecular formula is C26H43N7O5S. The summed E-state index contributed by atoms with van der Waals surface area (Å²) in [6.45, 7) is 3.75. The molecule has 1 aromatic carbocycles. The lowest BCUT2D eigenvalue weighted by Crippen LogP contribution is -2.58. The predicted octanol–water partition coefficient (Wildman–Crippen LogP) is -0.0518. The van der Waals surface area contributed by atoms with Gasteiger partial charge in [0.05, 0.1) is 6.04 Å². The first kappa shape index (κ1) is 33.7. The second-order valence-electron chi connectivity index (χ2n) is 9.36. The van der Waals surface area contributed by atoms with Crippen molar-refractivity contribution in [3.63, 3.8) is 0 Å². The zero-order valence-electron chi connectivity index (χ0n) is 22.9. The number of aliphatic imine (C=N–C) groups is 1. The lowest BCUT2D eigenvalue weighted by molar-refractivity contribution is -0.144. The van der Waals surface area contributed by atoms with Gasteiger partial charge in [-0.3, -0.25) is 19.4 Å². The van der Waals surface area contributed by atoms with Crippen molar-refractivity contribution >= 4 is 41.4 Å². The number of rotatable bonds is 18. The highest BCUT2D eigenvalue weighted by Gasteiger charge is 2.31. The summed E-state index contributed by atoms with van der Waals surface area (Å²) in [5.41, 5.74) is 17.6. The third-order valence-electron chi connectivity index (χ3n) is 6.24. The minimum absolute atomic E-state index is 0.105. The average Bonchev–Trinajstić information content (AvgIpc) is 2.90. The van der Waals surface area contributed by atoms with E-state index < -0.39 is 47.9 Å². The summed E-state index contributed by atoms with van der Waals surface area (Å²) < 4.78 is 0. The summed E-state index contributed by atoms with van der Waals surface area (Å²) in [5.74, 6) is -2.65. The highest BCUT2D eigenvalue weighted by molar-refractivity contribution is 7.98. The van der Waals surface area contributed by atoms with Gasteiger partial charge in [-0.15, -0.1) is 0 Å². The number of thioether (sulfide) groups is 1. The summed E-state index contributed by atoms with van der Waals surface area (Å²) in [7, 11) is 0. The summed E-state index contributed by atoms with van der Waals surface area (Å²) in [4.78, 5) is 55.1. The molecule has 39 heavy (non-hydrogen) atoms. The van der Waals surface area contributed by atoms with Crippen LogP contribution in [0, 0.1) is 5.92 Å². The van der Waals surface area contributed by atoms with E-state index in [1.54, 1.807) is 18.7 Å². The minimum atomic E-state index is -1.17. The Balaban J connectivity index is 3.15. The Kier molecular flexibility index (Phi) is 15.6. The highest BCUT2D eigenvalue weighted by atomic mass is 32.2. The Hall–Kier alpha value is -3.32. The Morgan fingerprint density at radius 2 is 1.59 bits per heavy atom. The molecule has 218 valence electrons. The molecular weight excluding hydrogens is 522 g/mol. The van der Waals surface area contributed by atoms with Crippen LogP contribution < -0.4 is 33.2 Å². The predicted molar refractivity (Wildman–Crippen MR) is 154 cm³/mol. The number of aliphatic carboxylic acids is 1. The molecule has 0 radical (unpaired) electrons. The number of carboxylic acids is 1. The molecule has 0 saturated heterocycles. The largest absolute Gasteiger partial charge is 0.480 e. The van der Waals surface area contributed by atoms with Gasteiger partial charge in [0.1, 0.15) is 18.1 Å². The number of hydrogen-bond acceptors (Lipinski definition) is 7. The zero-order chi connectivity index (χ0) is 29.4. The van der Waals surface area contributed by atoms with Crippen molar-refractivity contribution < 1.29 is 24.3 Å². The number of nitrogens with two attached hydrogens (primary N) is 3. The molecule has 0 spiro atoms. The third kappa shape index (κ3) is 12.9. The SMILES string of the molecule is CCC(C)C(NC(=O)C(CCCN=C(N)N)NC(=O)C(Cc1ccccc1)NC(=O)C(N)CCSC)C(=O)O. The van der Waals surface area contributed by atoms with Gasteiger partial charge in [0.2, 0.25) is 17.7 Å². The molecule has 0 fully saturated rings. The zero-order valence-corrected chi connectivity index (χ0v) is 23.7. The molecule has 0 saturated carbocycles. The highest BCUT2D eigenvalue weighted by Crippen LogP contribution is 2.11. The van der Waals surface area contributed by atoms with Gasteiger partial charge in [-0.05, 0) is 42.8 Å². The molecule has 0 aromatic heterocycles. The quantitative estimate of drug-likeness (QED) is 0.0720. The van der Waals surface area contributed by atoms with E-state index in [1.807, 2.05) is 43.5 Å². The van der Waals surface area contributed by atoms with Gasteiger partial charge >= 0.3 is 5.97 Å². The monoisotopic (exact) mass is 565 g/mol. The molecule has 12 nitrogen and oxygen atoms in total. The van der Waals surface area contributed by atoms with Crippen molar-refractivity contribution in [1.29, 1.82) is 0 Å². The van der Waals surface area contributed by atoms with Crippen molar-refractivity contribution in [2.45, 2.75) is 70.1 Å². The lowest BCUT2D eigenvalue weighted by atomic mass is 9.98. The van der Waals surface area contributed by atoms with Crippen LogP contribution in [0.1, 0.15) is 45.1 Å². The van der Waals surface area contributed by atoms with Gasteiger partial charge in [-0.2, -0.15) is 11.8 Å². The first-order valence-corrected chi connectivity index (χ1v) is 14.4. The molecule has 0 bridgehead atoms. The smallest absolute Gasteiger partial charge is 0.326 e. The second kappa shape index (κ2) is 18.1. The number of carboxylic acid groups (broad SMARTS) is 1. The van der Waals surface area contributed by atoms with E-state index in [0.717, 1.165) is 5.56 Å². The van der Waals surface area contributed by atoms with E-state index in [-0.39, 0.29) is 31.3 Å². The van der Waals surface area contributed by atoms with E-state index in [0.29, 0.717) is 25.0 Å². The molecule has 3 amide bonds. The maximum Gasteiger partial charge on any atom is 0.326 e. The average molecular weight is 566 g/mol. The van der Waals surface area contributed by atoms with Gasteiger partial charge in [-0.25, -0.2) is 4.79 Å². The number of hydrogen-bond donors (Lipinski definition) is 7. The molecule has 5 atom stereocenters. The number of amides is 3. The topological polar surface area (TPSA) is 215 Å². The summed E-state index contributed by atoms with van der Waals surface area (Å²) in [6, 6.07) is 5.09. The fourth-order valence-electron chi connectivity index (χ4n) is 3.70. The van der Waals surface area contributed by atoms with Crippen LogP contribution in [0.5, 0.6) is 0 Å². The van der Waals surface area contributed by atoms with Crippen LogP contribution in [0.4, 0.5) is 0 Å². The van der Waals surface area contributed by atoms with Gasteiger partial charge in [0.25, 0.3) is 0 Å². The molecule has 5 unspecified atom stereocenters. The standard InChI is InChI=1S/C26H43N7O5S/c1-4-16(2)21(25(37)38)33-23(35)19(11-8-13-30-26(28)29)31-24(36)20(15-17-9-6-5-7-10-17)32-22(34)18(27)12-14-39-3/h5-7,9-10,16,18-21H,4,8,11-15,27H2,1-3H3,(H,31,36)(H,32,34)(H,33,35)(H,37,38)(H4,28,29,30). The van der Waals surface area contributed by atoms with Crippen LogP contribution >= 0.6 is 11.8 Å². The molecule has 0 heterocycles. The maximum absolute atomic E-state index is 13.5. The number of benzene rings is 1. The van der Waals surface area contributed by atoms with Gasteiger partial charge in [0, 0.05) is 13.0 Å². The van der Waals surface area contributed by atoms with E-state index in [4.69, 9.17) is 17.2 Å². The Morgan fingerprint density at radius 1 is 0.974 bits per heavy atom. The number of guanidine groups is 1. The number of nitrogens with one attached hydrogen (secondary N) is 3. The molecule has 0 aliphatic heterocycles. The Labute approximate surface area is 234 Å². The molecule has 10 N–H and O–H groups in total. The van der Waals surface area contributed by atoms with E-state index in [9.17, 15) is 24.3 Å². The summed E-state index contributed by atoms with van der Waals surface area (Å²) in [5, 5.41) is 17.6. The van der Waals surface area contributed by atoms with Gasteiger partial charge in [0.15, 0.2) is 5.96 Å². The first-order chi connectivity index (χ1) is 18.5. The number of nitrogens with zero attached hydrogens (tertiary/aromatic N) is 1. The van der Waals surface area contributed by atoms with E-state index >= 15 is 0 Å². The third-order valence-corrected chi connectivity index (χ3v) is 6.88. The van der Waals surface area contributed by atoms with Crippen molar-refractivity contribution in [2.75, 3.05) is 18.6 Å². The van der Waals surface area contributed by atoms with Crippen LogP contribution in [-0.4, -0.2) is 77.5 Å². The van der Waals surface area contributed by atoms with Crippen LogP contribution in [-0.2, 0) is 25.6 Å². The normalized spacial score (nSPS) is 14.7. The van der Waals surface area contributed by atoms with Crippen LogP contribution in [0.2, 0.25) is 0 Å². The van der Waals surface area contributed by atoms with Crippen LogP contribution in [0.3, 0.4) is 0 Å². The van der Waals surface area contributed by atoms with Crippen LogP contribution in [0.25, 0.3) is 0 Å². The Bertz CT molecular complexity index is 959. The molecule has 1 rings (SSSR count). The summed E-state index contributed by atoms with van der Waals surface area (Å²) >= 11 is 1.56. The van der Waals surface area contributed by atoms with E-state index in [1.165, 1.54) is 0 Å². The summed E-state index contributed by atoms with van der Waals surface area (Å²) in [6.07, 6.45) is 3.52. The number of carbonyl (C=O) groups excluding carboxylic acids is 3. The van der Waals surface area contributed by atoms with E-state index in [2.05, 4.69) is 20.9 Å². The van der Waals surface area contributed by atoms with Crippen molar-refractivity contribution in [1.82, 2.24) is 16.0 Å². The van der Waals surface area contributed by atoms with Gasteiger partial charge in [-0.1, -0.05) is 50.6 Å². The molecule has 0 aliphatic rings. The fraction of sp³-hybridized carbons (Fsp3) is 0.577. The molecule has 1 aromatic rings. The van der Waals surface area contributed by atoms with Gasteiger partial charge < -0.3 is 38.3 Å². The fourth-order valence-corrected chi connectivity index (χ4v) is 4.19. The maximum atomic E-state index is 13.5. The number of carbonyl (C=O) groups is 4. The minimum Gasteiger partial charge on any atom is -0.480 e. The van der Waals surface area contributed by atoms with Crippen LogP contribution in [0.15, 0.2) is 35.3 Å². The van der Waals surface area contributed by atoms with Crippen molar-refractivity contribution in [3.05, 3.63) is 35.9 Å². The Morgan fingerprint density at radius 3 is 2.15 bits per heavy atom.